The van der Waals surface area contributed by atoms with Crippen LogP contribution < -0.4 is 5.32 Å². The predicted molar refractivity (Wildman–Crippen MR) is 105 cm³/mol. The van der Waals surface area contributed by atoms with Gasteiger partial charge < -0.3 is 20.3 Å². The van der Waals surface area contributed by atoms with Crippen molar-refractivity contribution in [2.45, 2.75) is 37.3 Å². The smallest absolute Gasteiger partial charge is 0.255 e. The van der Waals surface area contributed by atoms with Crippen LogP contribution in [0.4, 0.5) is 0 Å². The van der Waals surface area contributed by atoms with Gasteiger partial charge in [-0.05, 0) is 51.4 Å². The molecule has 2 aromatic heterocycles. The lowest BCUT2D eigenvalue weighted by Crippen LogP contribution is -2.44. The summed E-state index contributed by atoms with van der Waals surface area (Å²) in [4.78, 5) is 36.1. The summed E-state index contributed by atoms with van der Waals surface area (Å²) in [6.45, 7) is 2.14. The Labute approximate surface area is 163 Å². The van der Waals surface area contributed by atoms with E-state index in [-0.39, 0.29) is 24.4 Å². The lowest BCUT2D eigenvalue weighted by Gasteiger charge is -2.24. The number of likely N-dealkylation sites (tertiary alicyclic amines) is 2. The minimum atomic E-state index is -0.962. The Hall–Kier alpha value is -2.45. The Bertz CT molecular complexity index is 882. The lowest BCUT2D eigenvalue weighted by atomic mass is 9.99. The number of nitrogens with zero attached hydrogens (tertiary/aromatic N) is 3. The Morgan fingerprint density at radius 1 is 1.43 bits per heavy atom. The molecule has 0 radical (unpaired) electrons. The number of likely N-dealkylation sites (N-methyl/N-ethyl adjacent to an activating group) is 1. The van der Waals surface area contributed by atoms with E-state index in [0.29, 0.717) is 31.5 Å². The molecule has 28 heavy (non-hydrogen) atoms. The van der Waals surface area contributed by atoms with Crippen molar-refractivity contribution in [2.75, 3.05) is 33.2 Å². The van der Waals surface area contributed by atoms with Crippen molar-refractivity contribution in [3.63, 3.8) is 0 Å². The zero-order valence-corrected chi connectivity index (χ0v) is 16.1. The second-order valence-electron chi connectivity index (χ2n) is 8.02. The monoisotopic (exact) mass is 385 g/mol. The van der Waals surface area contributed by atoms with Gasteiger partial charge in [0.2, 0.25) is 5.91 Å². The van der Waals surface area contributed by atoms with E-state index < -0.39 is 5.60 Å². The van der Waals surface area contributed by atoms with Crippen LogP contribution in [0.15, 0.2) is 24.5 Å². The first-order chi connectivity index (χ1) is 13.5. The van der Waals surface area contributed by atoms with Gasteiger partial charge in [0.15, 0.2) is 0 Å². The number of aromatic amines is 1. The van der Waals surface area contributed by atoms with E-state index in [2.05, 4.69) is 20.2 Å². The molecule has 2 aliphatic rings. The number of nitrogens with one attached hydrogen (secondary N) is 2. The van der Waals surface area contributed by atoms with Crippen LogP contribution in [0.2, 0.25) is 0 Å². The van der Waals surface area contributed by atoms with Crippen LogP contribution in [0.25, 0.3) is 11.0 Å². The van der Waals surface area contributed by atoms with Crippen molar-refractivity contribution in [2.24, 2.45) is 0 Å². The number of hydrogen-bond acceptors (Lipinski definition) is 5. The number of β-amino-alcohol motifs (C(OH)–C–C–N with tert-alkyl or cyclic N) is 1. The number of H-pyrrole nitrogens is 1. The van der Waals surface area contributed by atoms with E-state index in [1.54, 1.807) is 17.3 Å². The molecule has 8 heteroatoms. The van der Waals surface area contributed by atoms with Crippen LogP contribution in [-0.4, -0.2) is 81.6 Å². The topological polar surface area (TPSA) is 102 Å². The van der Waals surface area contributed by atoms with Crippen LogP contribution in [0.5, 0.6) is 0 Å². The molecule has 150 valence electrons. The lowest BCUT2D eigenvalue weighted by molar-refractivity contribution is -0.125. The van der Waals surface area contributed by atoms with Gasteiger partial charge in [-0.25, -0.2) is 4.98 Å². The van der Waals surface area contributed by atoms with Gasteiger partial charge in [0, 0.05) is 37.4 Å². The molecule has 8 nitrogen and oxygen atoms in total. The Morgan fingerprint density at radius 3 is 3.07 bits per heavy atom. The minimum Gasteiger partial charge on any atom is -0.388 e. The molecule has 0 aromatic carbocycles. The highest BCUT2D eigenvalue weighted by Gasteiger charge is 2.38. The summed E-state index contributed by atoms with van der Waals surface area (Å²) in [7, 11) is 1.96. The molecule has 4 rings (SSSR count). The van der Waals surface area contributed by atoms with E-state index >= 15 is 0 Å². The van der Waals surface area contributed by atoms with Crippen molar-refractivity contribution in [1.82, 2.24) is 25.1 Å². The molecule has 3 N–H and O–H groups in total. The van der Waals surface area contributed by atoms with Gasteiger partial charge in [0.05, 0.1) is 17.2 Å². The van der Waals surface area contributed by atoms with Crippen molar-refractivity contribution in [3.05, 3.63) is 30.1 Å². The van der Waals surface area contributed by atoms with Crippen LogP contribution in [0.3, 0.4) is 0 Å². The fourth-order valence-corrected chi connectivity index (χ4v) is 4.25. The van der Waals surface area contributed by atoms with E-state index in [9.17, 15) is 14.7 Å². The molecule has 0 saturated carbocycles. The second kappa shape index (κ2) is 7.52. The van der Waals surface area contributed by atoms with Gasteiger partial charge in [-0.3, -0.25) is 14.5 Å². The first-order valence-electron chi connectivity index (χ1n) is 9.88. The van der Waals surface area contributed by atoms with Crippen molar-refractivity contribution >= 4 is 22.8 Å². The van der Waals surface area contributed by atoms with Crippen LogP contribution in [-0.2, 0) is 4.79 Å². The molecule has 2 aliphatic heterocycles. The quantitative estimate of drug-likeness (QED) is 0.705. The number of amides is 2. The molecule has 2 aromatic rings. The molecule has 2 saturated heterocycles. The highest BCUT2D eigenvalue weighted by Crippen LogP contribution is 2.26. The molecule has 0 bridgehead atoms. The summed E-state index contributed by atoms with van der Waals surface area (Å²) in [6.07, 6.45) is 6.23. The first kappa shape index (κ1) is 18.9. The third-order valence-electron chi connectivity index (χ3n) is 5.98. The maximum absolute atomic E-state index is 12.8. The Morgan fingerprint density at radius 2 is 2.29 bits per heavy atom. The molecule has 0 aliphatic carbocycles. The van der Waals surface area contributed by atoms with Gasteiger partial charge in [-0.2, -0.15) is 0 Å². The maximum atomic E-state index is 12.8. The van der Waals surface area contributed by atoms with Gasteiger partial charge >= 0.3 is 0 Å². The van der Waals surface area contributed by atoms with Gasteiger partial charge in [-0.15, -0.1) is 0 Å². The third kappa shape index (κ3) is 3.74. The number of carbonyl (C=O) groups excluding carboxylic acids is 2. The second-order valence-corrected chi connectivity index (χ2v) is 8.02. The number of rotatable bonds is 5. The van der Waals surface area contributed by atoms with Crippen molar-refractivity contribution < 1.29 is 14.7 Å². The summed E-state index contributed by atoms with van der Waals surface area (Å²) in [5.74, 6) is -0.0939. The fraction of sp³-hybridized carbons (Fsp3) is 0.550. The number of pyridine rings is 1. The zero-order valence-electron chi connectivity index (χ0n) is 16.1. The number of aromatic nitrogens is 2. The van der Waals surface area contributed by atoms with Gasteiger partial charge in [0.25, 0.3) is 5.91 Å². The SMILES string of the molecule is CN1CCC[C@@H]1C(=O)NCCC1(O)CCN(C(=O)c2cnc3[nH]ccc3c2)C1. The van der Waals surface area contributed by atoms with Gasteiger partial charge in [-0.1, -0.05) is 0 Å². The van der Waals surface area contributed by atoms with E-state index in [1.165, 1.54) is 0 Å². The first-order valence-corrected chi connectivity index (χ1v) is 9.88. The molecule has 0 spiro atoms. The number of fused-ring (bicyclic) bond motifs is 1. The average Bonchev–Trinajstić information content (AvgIpc) is 3.40. The van der Waals surface area contributed by atoms with E-state index in [0.717, 1.165) is 30.4 Å². The number of aliphatic hydroxyl groups is 1. The summed E-state index contributed by atoms with van der Waals surface area (Å²) in [6, 6.07) is 3.63. The van der Waals surface area contributed by atoms with Crippen LogP contribution in [0, 0.1) is 0 Å². The standard InChI is InChI=1S/C20H27N5O3/c1-24-9-2-3-16(24)18(26)22-8-5-20(28)6-10-25(13-20)19(27)15-11-14-4-7-21-17(14)23-12-15/h4,7,11-12,16,28H,2-3,5-6,8-10,13H2,1H3,(H,21,23)(H,22,26)/t16-,20?/m1/s1. The summed E-state index contributed by atoms with van der Waals surface area (Å²) in [5, 5.41) is 14.7. The average molecular weight is 385 g/mol. The molecule has 2 fully saturated rings. The maximum Gasteiger partial charge on any atom is 0.255 e. The van der Waals surface area contributed by atoms with E-state index in [1.807, 2.05) is 19.2 Å². The highest BCUT2D eigenvalue weighted by molar-refractivity contribution is 5.97. The molecular weight excluding hydrogens is 358 g/mol. The summed E-state index contributed by atoms with van der Waals surface area (Å²) >= 11 is 0. The Balaban J connectivity index is 1.30. The third-order valence-corrected chi connectivity index (χ3v) is 5.98. The van der Waals surface area contributed by atoms with Gasteiger partial charge in [0.1, 0.15) is 5.65 Å². The molecule has 1 unspecified atom stereocenters. The normalized spacial score (nSPS) is 25.5. The summed E-state index contributed by atoms with van der Waals surface area (Å²) < 4.78 is 0. The van der Waals surface area contributed by atoms with Crippen molar-refractivity contribution in [3.8, 4) is 0 Å². The fourth-order valence-electron chi connectivity index (χ4n) is 4.25. The largest absolute Gasteiger partial charge is 0.388 e. The van der Waals surface area contributed by atoms with Crippen molar-refractivity contribution in [1.29, 1.82) is 0 Å². The molecular formula is C20H27N5O3. The van der Waals surface area contributed by atoms with E-state index in [4.69, 9.17) is 0 Å². The minimum absolute atomic E-state index is 0.0282. The van der Waals surface area contributed by atoms with Crippen LogP contribution in [0.1, 0.15) is 36.0 Å². The Kier molecular flexibility index (Phi) is 5.07. The molecule has 4 heterocycles. The highest BCUT2D eigenvalue weighted by atomic mass is 16.3. The van der Waals surface area contributed by atoms with Crippen LogP contribution >= 0.6 is 0 Å². The predicted octanol–water partition coefficient (Wildman–Crippen LogP) is 0.740. The molecule has 2 amide bonds. The number of hydrogen-bond donors (Lipinski definition) is 3. The molecule has 2 atom stereocenters. The summed E-state index contributed by atoms with van der Waals surface area (Å²) in [5.41, 5.74) is 0.308. The zero-order chi connectivity index (χ0) is 19.7. The number of carbonyl (C=O) groups is 2.